The van der Waals surface area contributed by atoms with Crippen molar-refractivity contribution in [3.8, 4) is 0 Å². The van der Waals surface area contributed by atoms with Gasteiger partial charge in [-0.2, -0.15) is 4.98 Å². The highest BCUT2D eigenvalue weighted by Crippen LogP contribution is 2.39. The van der Waals surface area contributed by atoms with Gasteiger partial charge >= 0.3 is 0 Å². The molecule has 3 heterocycles. The van der Waals surface area contributed by atoms with Crippen LogP contribution in [0.15, 0.2) is 34.9 Å². The minimum absolute atomic E-state index is 0.0228. The fourth-order valence-corrected chi connectivity index (χ4v) is 6.05. The zero-order valence-electron chi connectivity index (χ0n) is 18.0. The number of ether oxygens (including phenoxy) is 2. The SMILES string of the molecule is COCCC1(c2noc(C3CCOCC3)n2)CCN(S(=O)(=O)Cc2ccccc2)CC1. The lowest BCUT2D eigenvalue weighted by Gasteiger charge is -2.39. The molecule has 2 aromatic rings. The molecule has 0 saturated carbocycles. The summed E-state index contributed by atoms with van der Waals surface area (Å²) in [6.45, 7) is 2.88. The molecule has 0 aliphatic carbocycles. The molecule has 2 aliphatic rings. The van der Waals surface area contributed by atoms with Gasteiger partial charge in [-0.1, -0.05) is 35.5 Å². The summed E-state index contributed by atoms with van der Waals surface area (Å²) in [5.74, 6) is 1.62. The average Bonchev–Trinajstić information content (AvgIpc) is 3.30. The molecule has 2 fully saturated rings. The van der Waals surface area contributed by atoms with Crippen LogP contribution >= 0.6 is 0 Å². The topological polar surface area (TPSA) is 94.8 Å². The van der Waals surface area contributed by atoms with Crippen molar-refractivity contribution < 1.29 is 22.4 Å². The molecule has 170 valence electrons. The first-order valence-corrected chi connectivity index (χ1v) is 12.6. The summed E-state index contributed by atoms with van der Waals surface area (Å²) in [5.41, 5.74) is 0.472. The van der Waals surface area contributed by atoms with E-state index in [1.807, 2.05) is 30.3 Å². The van der Waals surface area contributed by atoms with E-state index in [1.165, 1.54) is 0 Å². The Labute approximate surface area is 184 Å². The normalized spacial score (nSPS) is 20.7. The van der Waals surface area contributed by atoms with Crippen molar-refractivity contribution >= 4 is 10.0 Å². The van der Waals surface area contributed by atoms with Gasteiger partial charge < -0.3 is 14.0 Å². The number of nitrogens with zero attached hydrogens (tertiary/aromatic N) is 3. The number of benzene rings is 1. The molecular formula is C22H31N3O5S. The summed E-state index contributed by atoms with van der Waals surface area (Å²) in [5, 5.41) is 4.34. The molecule has 0 radical (unpaired) electrons. The zero-order chi connectivity index (χ0) is 21.7. The maximum absolute atomic E-state index is 13.0. The van der Waals surface area contributed by atoms with Crippen LogP contribution in [0.1, 0.15) is 55.3 Å². The quantitative estimate of drug-likeness (QED) is 0.611. The highest BCUT2D eigenvalue weighted by molar-refractivity contribution is 7.88. The van der Waals surface area contributed by atoms with Crippen LogP contribution in [0.3, 0.4) is 0 Å². The van der Waals surface area contributed by atoms with Gasteiger partial charge in [0.25, 0.3) is 0 Å². The van der Waals surface area contributed by atoms with Gasteiger partial charge in [0, 0.05) is 51.4 Å². The van der Waals surface area contributed by atoms with Crippen LogP contribution in [0, 0.1) is 0 Å². The Kier molecular flexibility index (Phi) is 7.05. The van der Waals surface area contributed by atoms with Crippen LogP contribution in [0.5, 0.6) is 0 Å². The molecule has 2 saturated heterocycles. The Morgan fingerprint density at radius 2 is 1.87 bits per heavy atom. The molecular weight excluding hydrogens is 418 g/mol. The predicted molar refractivity (Wildman–Crippen MR) is 115 cm³/mol. The Hall–Kier alpha value is -1.81. The predicted octanol–water partition coefficient (Wildman–Crippen LogP) is 2.86. The molecule has 31 heavy (non-hydrogen) atoms. The van der Waals surface area contributed by atoms with E-state index in [9.17, 15) is 8.42 Å². The molecule has 2 aliphatic heterocycles. The molecule has 0 atom stereocenters. The summed E-state index contributed by atoms with van der Waals surface area (Å²) in [6, 6.07) is 9.32. The summed E-state index contributed by atoms with van der Waals surface area (Å²) in [7, 11) is -1.70. The molecule has 9 heteroatoms. The lowest BCUT2D eigenvalue weighted by molar-refractivity contribution is 0.0778. The van der Waals surface area contributed by atoms with Crippen LogP contribution < -0.4 is 0 Å². The van der Waals surface area contributed by atoms with E-state index in [0.29, 0.717) is 57.5 Å². The van der Waals surface area contributed by atoms with Gasteiger partial charge in [-0.3, -0.25) is 0 Å². The van der Waals surface area contributed by atoms with Crippen LogP contribution in [0.2, 0.25) is 0 Å². The van der Waals surface area contributed by atoms with Crippen LogP contribution in [0.4, 0.5) is 0 Å². The highest BCUT2D eigenvalue weighted by Gasteiger charge is 2.43. The van der Waals surface area contributed by atoms with E-state index in [4.69, 9.17) is 19.0 Å². The van der Waals surface area contributed by atoms with Crippen molar-refractivity contribution in [1.29, 1.82) is 0 Å². The Morgan fingerprint density at radius 3 is 2.55 bits per heavy atom. The number of aromatic nitrogens is 2. The molecule has 0 N–H and O–H groups in total. The first kappa shape index (κ1) is 22.4. The van der Waals surface area contributed by atoms with Crippen molar-refractivity contribution in [3.63, 3.8) is 0 Å². The first-order valence-electron chi connectivity index (χ1n) is 10.9. The maximum atomic E-state index is 13.0. The number of hydrogen-bond donors (Lipinski definition) is 0. The number of rotatable bonds is 8. The third-order valence-electron chi connectivity index (χ3n) is 6.54. The molecule has 0 spiro atoms. The van der Waals surface area contributed by atoms with Gasteiger partial charge in [-0.25, -0.2) is 12.7 Å². The van der Waals surface area contributed by atoms with Crippen molar-refractivity contribution in [3.05, 3.63) is 47.6 Å². The molecule has 4 rings (SSSR count). The second-order valence-corrected chi connectivity index (χ2v) is 10.5. The minimum atomic E-state index is -3.38. The highest BCUT2D eigenvalue weighted by atomic mass is 32.2. The van der Waals surface area contributed by atoms with E-state index in [-0.39, 0.29) is 17.1 Å². The average molecular weight is 450 g/mol. The fraction of sp³-hybridized carbons (Fsp3) is 0.636. The Morgan fingerprint density at radius 1 is 1.16 bits per heavy atom. The molecule has 8 nitrogen and oxygen atoms in total. The van der Waals surface area contributed by atoms with Crippen molar-refractivity contribution in [2.75, 3.05) is 40.0 Å². The third-order valence-corrected chi connectivity index (χ3v) is 8.39. The minimum Gasteiger partial charge on any atom is -0.385 e. The van der Waals surface area contributed by atoms with Crippen LogP contribution in [-0.2, 0) is 30.7 Å². The van der Waals surface area contributed by atoms with Gasteiger partial charge in [0.1, 0.15) is 0 Å². The molecule has 0 bridgehead atoms. The van der Waals surface area contributed by atoms with E-state index >= 15 is 0 Å². The number of hydrogen-bond acceptors (Lipinski definition) is 7. The van der Waals surface area contributed by atoms with Gasteiger partial charge in [-0.15, -0.1) is 0 Å². The monoisotopic (exact) mass is 449 g/mol. The zero-order valence-corrected chi connectivity index (χ0v) is 18.8. The van der Waals surface area contributed by atoms with Crippen molar-refractivity contribution in [2.45, 2.75) is 49.2 Å². The molecule has 0 unspecified atom stereocenters. The van der Waals surface area contributed by atoms with Gasteiger partial charge in [-0.05, 0) is 37.7 Å². The first-order chi connectivity index (χ1) is 15.0. The van der Waals surface area contributed by atoms with Gasteiger partial charge in [0.15, 0.2) is 5.82 Å². The number of sulfonamides is 1. The second kappa shape index (κ2) is 9.77. The largest absolute Gasteiger partial charge is 0.385 e. The van der Waals surface area contributed by atoms with Crippen LogP contribution in [0.25, 0.3) is 0 Å². The smallest absolute Gasteiger partial charge is 0.229 e. The van der Waals surface area contributed by atoms with E-state index < -0.39 is 10.0 Å². The van der Waals surface area contributed by atoms with E-state index in [0.717, 1.165) is 24.8 Å². The van der Waals surface area contributed by atoms with E-state index in [1.54, 1.807) is 11.4 Å². The second-order valence-electron chi connectivity index (χ2n) is 8.51. The Balaban J connectivity index is 1.47. The Bertz CT molecular complexity index is 933. The molecule has 1 aromatic heterocycles. The third kappa shape index (κ3) is 5.16. The number of piperidine rings is 1. The molecule has 0 amide bonds. The van der Waals surface area contributed by atoms with Crippen molar-refractivity contribution in [1.82, 2.24) is 14.4 Å². The maximum Gasteiger partial charge on any atom is 0.229 e. The summed E-state index contributed by atoms with van der Waals surface area (Å²) < 4.78 is 44.0. The lowest BCUT2D eigenvalue weighted by Crippen LogP contribution is -2.46. The fourth-order valence-electron chi connectivity index (χ4n) is 4.51. The van der Waals surface area contributed by atoms with Gasteiger partial charge in [0.2, 0.25) is 15.9 Å². The summed E-state index contributed by atoms with van der Waals surface area (Å²) in [6.07, 6.45) is 3.81. The van der Waals surface area contributed by atoms with Crippen molar-refractivity contribution in [2.24, 2.45) is 0 Å². The summed E-state index contributed by atoms with van der Waals surface area (Å²) in [4.78, 5) is 4.78. The molecule has 1 aromatic carbocycles. The van der Waals surface area contributed by atoms with Crippen LogP contribution in [-0.4, -0.2) is 62.9 Å². The number of methoxy groups -OCH3 is 1. The standard InChI is InChI=1S/C22H31N3O5S/c1-28-16-11-22(21-23-20(30-24-21)19-7-14-29-15-8-19)9-12-25(13-10-22)31(26,27)17-18-5-3-2-4-6-18/h2-6,19H,7-17H2,1H3. The summed E-state index contributed by atoms with van der Waals surface area (Å²) >= 11 is 0. The van der Waals surface area contributed by atoms with E-state index in [2.05, 4.69) is 5.16 Å². The van der Waals surface area contributed by atoms with Gasteiger partial charge in [0.05, 0.1) is 5.75 Å². The lowest BCUT2D eigenvalue weighted by atomic mass is 9.75.